The van der Waals surface area contributed by atoms with E-state index in [4.69, 9.17) is 10.5 Å². The van der Waals surface area contributed by atoms with Crippen LogP contribution in [0.15, 0.2) is 12.1 Å². The lowest BCUT2D eigenvalue weighted by atomic mass is 10.0. The second kappa shape index (κ2) is 6.56. The number of rotatable bonds is 4. The predicted molar refractivity (Wildman–Crippen MR) is 76.8 cm³/mol. The van der Waals surface area contributed by atoms with Crippen molar-refractivity contribution in [1.82, 2.24) is 4.98 Å². The molecular weight excluding hydrogens is 258 g/mol. The van der Waals surface area contributed by atoms with Gasteiger partial charge in [0.05, 0.1) is 19.4 Å². The highest BCUT2D eigenvalue weighted by Gasteiger charge is 2.19. The number of carbonyl (C=O) groups excluding carboxylic acids is 1. The first-order valence-corrected chi connectivity index (χ1v) is 6.75. The van der Waals surface area contributed by atoms with Crippen LogP contribution in [-0.2, 0) is 9.47 Å². The smallest absolute Gasteiger partial charge is 0.356 e. The molecule has 1 unspecified atom stereocenters. The van der Waals surface area contributed by atoms with Gasteiger partial charge >= 0.3 is 5.97 Å². The molecule has 2 heterocycles. The lowest BCUT2D eigenvalue weighted by molar-refractivity contribution is 0.0574. The number of ether oxygens (including phenoxy) is 2. The van der Waals surface area contributed by atoms with E-state index < -0.39 is 5.97 Å². The van der Waals surface area contributed by atoms with Crippen molar-refractivity contribution in [3.05, 3.63) is 17.8 Å². The highest BCUT2D eigenvalue weighted by atomic mass is 16.5. The summed E-state index contributed by atoms with van der Waals surface area (Å²) >= 11 is 0. The molecule has 0 aromatic carbocycles. The Hall–Kier alpha value is -1.82. The molecule has 6 heteroatoms. The molecule has 1 fully saturated rings. The summed E-state index contributed by atoms with van der Waals surface area (Å²) in [6.45, 7) is 2.42. The van der Waals surface area contributed by atoms with Crippen molar-refractivity contribution in [3.8, 4) is 0 Å². The first-order valence-electron chi connectivity index (χ1n) is 6.75. The third-order valence-electron chi connectivity index (χ3n) is 3.45. The van der Waals surface area contributed by atoms with Gasteiger partial charge in [0.15, 0.2) is 11.5 Å². The molecule has 0 radical (unpaired) electrons. The van der Waals surface area contributed by atoms with Crippen molar-refractivity contribution in [3.63, 3.8) is 0 Å². The van der Waals surface area contributed by atoms with E-state index in [1.165, 1.54) is 7.11 Å². The summed E-state index contributed by atoms with van der Waals surface area (Å²) in [4.78, 5) is 17.8. The van der Waals surface area contributed by atoms with Gasteiger partial charge in [0, 0.05) is 20.2 Å². The van der Waals surface area contributed by atoms with E-state index >= 15 is 0 Å². The molecule has 0 bridgehead atoms. The Morgan fingerprint density at radius 2 is 2.40 bits per heavy atom. The minimum atomic E-state index is -0.458. The van der Waals surface area contributed by atoms with Crippen LogP contribution < -0.4 is 10.6 Å². The van der Waals surface area contributed by atoms with Crippen LogP contribution in [0.4, 0.5) is 11.5 Å². The van der Waals surface area contributed by atoms with Gasteiger partial charge in [0.2, 0.25) is 0 Å². The summed E-state index contributed by atoms with van der Waals surface area (Å²) in [6, 6.07) is 3.25. The van der Waals surface area contributed by atoms with Gasteiger partial charge in [-0.2, -0.15) is 0 Å². The molecule has 1 aromatic heterocycles. The number of nitrogens with two attached hydrogens (primary N) is 1. The normalized spacial score (nSPS) is 18.6. The average Bonchev–Trinajstić information content (AvgIpc) is 2.48. The Bertz CT molecular complexity index is 473. The van der Waals surface area contributed by atoms with Gasteiger partial charge in [0.25, 0.3) is 0 Å². The summed E-state index contributed by atoms with van der Waals surface area (Å²) in [5, 5.41) is 0. The van der Waals surface area contributed by atoms with Crippen molar-refractivity contribution in [2.75, 3.05) is 44.5 Å². The zero-order chi connectivity index (χ0) is 14.5. The molecule has 6 nitrogen and oxygen atoms in total. The second-order valence-electron chi connectivity index (χ2n) is 5.06. The zero-order valence-corrected chi connectivity index (χ0v) is 12.0. The Balaban J connectivity index is 2.11. The van der Waals surface area contributed by atoms with E-state index in [2.05, 4.69) is 9.72 Å². The molecule has 0 spiro atoms. The van der Waals surface area contributed by atoms with Crippen LogP contribution in [0.2, 0.25) is 0 Å². The number of hydrogen-bond donors (Lipinski definition) is 1. The fraction of sp³-hybridized carbons (Fsp3) is 0.571. The Morgan fingerprint density at radius 3 is 3.05 bits per heavy atom. The topological polar surface area (TPSA) is 77.7 Å². The van der Waals surface area contributed by atoms with Crippen LogP contribution in [0, 0.1) is 5.92 Å². The van der Waals surface area contributed by atoms with Crippen molar-refractivity contribution >= 4 is 17.5 Å². The molecule has 1 saturated heterocycles. The largest absolute Gasteiger partial charge is 0.464 e. The Morgan fingerprint density at radius 1 is 1.60 bits per heavy atom. The van der Waals surface area contributed by atoms with Crippen molar-refractivity contribution in [2.24, 2.45) is 5.92 Å². The van der Waals surface area contributed by atoms with Crippen LogP contribution in [0.5, 0.6) is 0 Å². The number of esters is 1. The van der Waals surface area contributed by atoms with Gasteiger partial charge in [-0.15, -0.1) is 0 Å². The maximum Gasteiger partial charge on any atom is 0.356 e. The maximum atomic E-state index is 11.5. The number of nitrogen functional groups attached to an aromatic ring is 1. The molecule has 110 valence electrons. The molecule has 1 aliphatic rings. The lowest BCUT2D eigenvalue weighted by Crippen LogP contribution is -2.32. The van der Waals surface area contributed by atoms with Gasteiger partial charge in [-0.3, -0.25) is 0 Å². The highest BCUT2D eigenvalue weighted by Crippen LogP contribution is 2.23. The van der Waals surface area contributed by atoms with E-state index in [9.17, 15) is 4.79 Å². The second-order valence-corrected chi connectivity index (χ2v) is 5.06. The third kappa shape index (κ3) is 3.39. The molecule has 1 aliphatic heterocycles. The van der Waals surface area contributed by atoms with E-state index in [1.54, 1.807) is 12.1 Å². The maximum absolute atomic E-state index is 11.5. The standard InChI is InChI=1S/C14H21N3O3/c1-17(8-10-4-3-7-20-9-10)13-11(15)5-6-12(16-13)14(18)19-2/h5-6,10H,3-4,7-9,15H2,1-2H3. The van der Waals surface area contributed by atoms with E-state index in [0.29, 0.717) is 17.4 Å². The third-order valence-corrected chi connectivity index (χ3v) is 3.45. The minimum absolute atomic E-state index is 0.267. The van der Waals surface area contributed by atoms with Gasteiger partial charge in [-0.05, 0) is 30.9 Å². The summed E-state index contributed by atoms with van der Waals surface area (Å²) < 4.78 is 10.2. The van der Waals surface area contributed by atoms with Crippen LogP contribution in [0.1, 0.15) is 23.3 Å². The minimum Gasteiger partial charge on any atom is -0.464 e. The molecule has 20 heavy (non-hydrogen) atoms. The van der Waals surface area contributed by atoms with Crippen LogP contribution >= 0.6 is 0 Å². The Kier molecular flexibility index (Phi) is 4.79. The quantitative estimate of drug-likeness (QED) is 0.837. The summed E-state index contributed by atoms with van der Waals surface area (Å²) in [7, 11) is 3.26. The molecule has 2 N–H and O–H groups in total. The fourth-order valence-electron chi connectivity index (χ4n) is 2.41. The molecule has 1 atom stereocenters. The molecule has 0 saturated carbocycles. The fourth-order valence-corrected chi connectivity index (χ4v) is 2.41. The number of pyridine rings is 1. The van der Waals surface area contributed by atoms with Crippen LogP contribution in [-0.4, -0.2) is 44.9 Å². The van der Waals surface area contributed by atoms with Gasteiger partial charge in [0.1, 0.15) is 0 Å². The molecule has 2 rings (SSSR count). The number of carbonyl (C=O) groups is 1. The van der Waals surface area contributed by atoms with Crippen LogP contribution in [0.3, 0.4) is 0 Å². The van der Waals surface area contributed by atoms with Gasteiger partial charge < -0.3 is 20.1 Å². The van der Waals surface area contributed by atoms with E-state index in [-0.39, 0.29) is 5.69 Å². The number of methoxy groups -OCH3 is 1. The molecular formula is C14H21N3O3. The monoisotopic (exact) mass is 279 g/mol. The van der Waals surface area contributed by atoms with Crippen molar-refractivity contribution < 1.29 is 14.3 Å². The summed E-state index contributed by atoms with van der Waals surface area (Å²) in [5.41, 5.74) is 6.77. The van der Waals surface area contributed by atoms with Crippen molar-refractivity contribution in [2.45, 2.75) is 12.8 Å². The SMILES string of the molecule is COC(=O)c1ccc(N)c(N(C)CC2CCCOC2)n1. The number of nitrogens with zero attached hydrogens (tertiary/aromatic N) is 2. The molecule has 1 aromatic rings. The molecule has 0 amide bonds. The molecule has 0 aliphatic carbocycles. The van der Waals surface area contributed by atoms with Gasteiger partial charge in [-0.1, -0.05) is 0 Å². The lowest BCUT2D eigenvalue weighted by Gasteiger charge is -2.28. The number of anilines is 2. The first kappa shape index (κ1) is 14.6. The zero-order valence-electron chi connectivity index (χ0n) is 12.0. The number of hydrogen-bond acceptors (Lipinski definition) is 6. The Labute approximate surface area is 118 Å². The summed E-state index contributed by atoms with van der Waals surface area (Å²) in [5.74, 6) is 0.621. The first-order chi connectivity index (χ1) is 9.61. The van der Waals surface area contributed by atoms with Crippen LogP contribution in [0.25, 0.3) is 0 Å². The average molecular weight is 279 g/mol. The van der Waals surface area contributed by atoms with Gasteiger partial charge in [-0.25, -0.2) is 9.78 Å². The van der Waals surface area contributed by atoms with E-state index in [1.807, 2.05) is 11.9 Å². The highest BCUT2D eigenvalue weighted by molar-refractivity contribution is 5.88. The predicted octanol–water partition coefficient (Wildman–Crippen LogP) is 1.31. The van der Waals surface area contributed by atoms with E-state index in [0.717, 1.165) is 32.6 Å². The van der Waals surface area contributed by atoms with Crippen molar-refractivity contribution in [1.29, 1.82) is 0 Å². The number of aromatic nitrogens is 1. The summed E-state index contributed by atoms with van der Waals surface area (Å²) in [6.07, 6.45) is 2.23.